The van der Waals surface area contributed by atoms with E-state index < -0.39 is 22.2 Å². The monoisotopic (exact) mass is 405 g/mol. The third kappa shape index (κ3) is 4.79. The highest BCUT2D eigenvalue weighted by Crippen LogP contribution is 2.25. The van der Waals surface area contributed by atoms with Crippen molar-refractivity contribution in [2.75, 3.05) is 19.9 Å². The Bertz CT molecular complexity index is 920. The number of aromatic nitrogens is 1. The maximum absolute atomic E-state index is 12.7. The predicted octanol–water partition coefficient (Wildman–Crippen LogP) is 1.19. The van der Waals surface area contributed by atoms with Gasteiger partial charge >= 0.3 is 0 Å². The van der Waals surface area contributed by atoms with Crippen LogP contribution in [0.3, 0.4) is 0 Å². The molecule has 0 unspecified atom stereocenters. The first-order chi connectivity index (χ1) is 13.4. The molecule has 28 heavy (non-hydrogen) atoms. The van der Waals surface area contributed by atoms with E-state index in [0.717, 1.165) is 11.8 Å². The number of nitrogens with zero attached hydrogens (tertiary/aromatic N) is 2. The van der Waals surface area contributed by atoms with E-state index >= 15 is 0 Å². The molecule has 1 amide bonds. The van der Waals surface area contributed by atoms with E-state index in [-0.39, 0.29) is 25.4 Å². The van der Waals surface area contributed by atoms with Gasteiger partial charge < -0.3 is 14.8 Å². The van der Waals surface area contributed by atoms with Gasteiger partial charge in [0.05, 0.1) is 26.1 Å². The van der Waals surface area contributed by atoms with Crippen molar-refractivity contribution < 1.29 is 22.7 Å². The number of ether oxygens (including phenoxy) is 2. The van der Waals surface area contributed by atoms with Gasteiger partial charge in [-0.1, -0.05) is 18.2 Å². The number of amides is 1. The van der Waals surface area contributed by atoms with Crippen LogP contribution in [0.15, 0.2) is 48.8 Å². The molecule has 8 nitrogen and oxygen atoms in total. The van der Waals surface area contributed by atoms with Gasteiger partial charge in [0.2, 0.25) is 15.9 Å². The molecule has 1 aromatic carbocycles. The Kier molecular flexibility index (Phi) is 6.15. The summed E-state index contributed by atoms with van der Waals surface area (Å²) in [5.74, 6) is 0.830. The van der Waals surface area contributed by atoms with Crippen LogP contribution >= 0.6 is 0 Å². The summed E-state index contributed by atoms with van der Waals surface area (Å²) in [5, 5.41) is 2.81. The average molecular weight is 405 g/mol. The summed E-state index contributed by atoms with van der Waals surface area (Å²) in [6, 6.07) is 9.98. The number of hydrogen-bond donors (Lipinski definition) is 1. The molecule has 1 saturated heterocycles. The van der Waals surface area contributed by atoms with Crippen LogP contribution < -0.4 is 14.8 Å². The van der Waals surface area contributed by atoms with Crippen molar-refractivity contribution in [2.24, 2.45) is 0 Å². The molecular weight excluding hydrogens is 382 g/mol. The molecule has 1 fully saturated rings. The summed E-state index contributed by atoms with van der Waals surface area (Å²) in [4.78, 5) is 16.7. The molecular formula is C19H23N3O5S. The van der Waals surface area contributed by atoms with Crippen LogP contribution in [-0.4, -0.2) is 55.7 Å². The standard InChI is InChI=1S/C19H23N3O5S/c1-26-18-8-4-3-6-14(18)11-21-19(23)17-10-16(13-22(17)28(2,24)25)27-15-7-5-9-20-12-15/h3-9,12,16-17H,10-11,13H2,1-2H3,(H,21,23)/t16-,17-/m0/s1. The molecule has 2 atom stereocenters. The molecule has 0 spiro atoms. The first-order valence-corrected chi connectivity index (χ1v) is 10.7. The van der Waals surface area contributed by atoms with Gasteiger partial charge in [-0.25, -0.2) is 8.42 Å². The zero-order valence-electron chi connectivity index (χ0n) is 15.7. The largest absolute Gasteiger partial charge is 0.496 e. The number of carbonyl (C=O) groups excluding carboxylic acids is 1. The fourth-order valence-corrected chi connectivity index (χ4v) is 4.30. The lowest BCUT2D eigenvalue weighted by Crippen LogP contribution is -2.45. The molecule has 1 N–H and O–H groups in total. The van der Waals surface area contributed by atoms with Crippen molar-refractivity contribution in [1.29, 1.82) is 0 Å². The average Bonchev–Trinajstić information content (AvgIpc) is 3.11. The summed E-state index contributed by atoms with van der Waals surface area (Å²) in [6.45, 7) is 0.353. The molecule has 150 valence electrons. The van der Waals surface area contributed by atoms with Gasteiger partial charge in [-0.05, 0) is 18.2 Å². The van der Waals surface area contributed by atoms with Crippen molar-refractivity contribution in [3.05, 3.63) is 54.4 Å². The number of para-hydroxylation sites is 1. The zero-order chi connectivity index (χ0) is 20.1. The molecule has 0 saturated carbocycles. The molecule has 2 heterocycles. The second-order valence-electron chi connectivity index (χ2n) is 6.54. The van der Waals surface area contributed by atoms with Crippen molar-refractivity contribution >= 4 is 15.9 Å². The van der Waals surface area contributed by atoms with Crippen LogP contribution in [-0.2, 0) is 21.4 Å². The van der Waals surface area contributed by atoms with E-state index in [2.05, 4.69) is 10.3 Å². The SMILES string of the molecule is COc1ccccc1CNC(=O)[C@@H]1C[C@H](Oc2cccnc2)CN1S(C)(=O)=O. The highest BCUT2D eigenvalue weighted by molar-refractivity contribution is 7.88. The number of hydrogen-bond acceptors (Lipinski definition) is 6. The maximum Gasteiger partial charge on any atom is 0.238 e. The number of methoxy groups -OCH3 is 1. The van der Waals surface area contributed by atoms with Crippen LogP contribution in [0.5, 0.6) is 11.5 Å². The Hall–Kier alpha value is -2.65. The van der Waals surface area contributed by atoms with Crippen molar-refractivity contribution in [3.63, 3.8) is 0 Å². The Morgan fingerprint density at radius 2 is 2.07 bits per heavy atom. The number of sulfonamides is 1. The smallest absolute Gasteiger partial charge is 0.238 e. The zero-order valence-corrected chi connectivity index (χ0v) is 16.6. The highest BCUT2D eigenvalue weighted by atomic mass is 32.2. The first kappa shape index (κ1) is 20.1. The molecule has 1 aliphatic rings. The van der Waals surface area contributed by atoms with E-state index in [1.807, 2.05) is 18.2 Å². The molecule has 1 aromatic heterocycles. The number of carbonyl (C=O) groups is 1. The van der Waals surface area contributed by atoms with Gasteiger partial charge in [-0.15, -0.1) is 0 Å². The first-order valence-electron chi connectivity index (χ1n) is 8.81. The lowest BCUT2D eigenvalue weighted by atomic mass is 10.1. The quantitative estimate of drug-likeness (QED) is 0.743. The Morgan fingerprint density at radius 1 is 1.29 bits per heavy atom. The Labute approximate surface area is 164 Å². The van der Waals surface area contributed by atoms with Crippen LogP contribution in [0, 0.1) is 0 Å². The van der Waals surface area contributed by atoms with Crippen LogP contribution in [0.25, 0.3) is 0 Å². The molecule has 0 aliphatic carbocycles. The minimum atomic E-state index is -3.57. The van der Waals surface area contributed by atoms with Crippen LogP contribution in [0.2, 0.25) is 0 Å². The fraction of sp³-hybridized carbons (Fsp3) is 0.368. The summed E-state index contributed by atoms with van der Waals surface area (Å²) in [5.41, 5.74) is 0.811. The van der Waals surface area contributed by atoms with Crippen molar-refractivity contribution in [3.8, 4) is 11.5 Å². The maximum atomic E-state index is 12.7. The van der Waals surface area contributed by atoms with Crippen molar-refractivity contribution in [2.45, 2.75) is 25.1 Å². The second kappa shape index (κ2) is 8.57. The third-order valence-electron chi connectivity index (χ3n) is 4.53. The summed E-state index contributed by atoms with van der Waals surface area (Å²) >= 11 is 0. The van der Waals surface area contributed by atoms with Crippen LogP contribution in [0.1, 0.15) is 12.0 Å². The van der Waals surface area contributed by atoms with Crippen LogP contribution in [0.4, 0.5) is 0 Å². The van der Waals surface area contributed by atoms with E-state index in [9.17, 15) is 13.2 Å². The second-order valence-corrected chi connectivity index (χ2v) is 8.48. The topological polar surface area (TPSA) is 97.8 Å². The lowest BCUT2D eigenvalue weighted by Gasteiger charge is -2.21. The Balaban J connectivity index is 1.69. The van der Waals surface area contributed by atoms with E-state index in [1.165, 1.54) is 4.31 Å². The highest BCUT2D eigenvalue weighted by Gasteiger charge is 2.42. The fourth-order valence-electron chi connectivity index (χ4n) is 3.22. The van der Waals surface area contributed by atoms with Gasteiger partial charge in [0.1, 0.15) is 23.6 Å². The lowest BCUT2D eigenvalue weighted by molar-refractivity contribution is -0.124. The molecule has 9 heteroatoms. The molecule has 0 radical (unpaired) electrons. The van der Waals surface area contributed by atoms with E-state index in [4.69, 9.17) is 9.47 Å². The predicted molar refractivity (Wildman–Crippen MR) is 103 cm³/mol. The molecule has 1 aliphatic heterocycles. The molecule has 3 rings (SSSR count). The normalized spacial score (nSPS) is 19.9. The van der Waals surface area contributed by atoms with Gasteiger partial charge in [0.15, 0.2) is 0 Å². The number of rotatable bonds is 7. The van der Waals surface area contributed by atoms with Gasteiger partial charge in [0, 0.05) is 24.7 Å². The number of nitrogens with one attached hydrogen (secondary N) is 1. The molecule has 2 aromatic rings. The van der Waals surface area contributed by atoms with Gasteiger partial charge in [-0.2, -0.15) is 4.31 Å². The van der Waals surface area contributed by atoms with Gasteiger partial charge in [-0.3, -0.25) is 9.78 Å². The third-order valence-corrected chi connectivity index (χ3v) is 5.78. The summed E-state index contributed by atoms with van der Waals surface area (Å²) in [7, 11) is -2.01. The minimum Gasteiger partial charge on any atom is -0.496 e. The Morgan fingerprint density at radius 3 is 2.75 bits per heavy atom. The summed E-state index contributed by atoms with van der Waals surface area (Å²) in [6.07, 6.45) is 4.11. The molecule has 0 bridgehead atoms. The minimum absolute atomic E-state index is 0.112. The number of benzene rings is 1. The van der Waals surface area contributed by atoms with E-state index in [1.54, 1.807) is 37.7 Å². The number of pyridine rings is 1. The van der Waals surface area contributed by atoms with Gasteiger partial charge in [0.25, 0.3) is 0 Å². The van der Waals surface area contributed by atoms with E-state index in [0.29, 0.717) is 11.5 Å². The summed E-state index contributed by atoms with van der Waals surface area (Å²) < 4.78 is 36.6. The van der Waals surface area contributed by atoms with Crippen molar-refractivity contribution in [1.82, 2.24) is 14.6 Å².